The minimum atomic E-state index is 0.584. The molecular weight excluding hydrogens is 892 g/mol. The van der Waals surface area contributed by atoms with Gasteiger partial charge in [-0.25, -0.2) is 19.9 Å². The second-order valence-electron chi connectivity index (χ2n) is 15.1. The van der Waals surface area contributed by atoms with Gasteiger partial charge in [0.1, 0.15) is 22.4 Å². The zero-order valence-corrected chi connectivity index (χ0v) is 36.1. The molecular formula is C54H32Br2N6. The van der Waals surface area contributed by atoms with Crippen molar-refractivity contribution in [3.05, 3.63) is 203 Å². The van der Waals surface area contributed by atoms with E-state index in [-0.39, 0.29) is 0 Å². The Labute approximate surface area is 374 Å². The van der Waals surface area contributed by atoms with Gasteiger partial charge in [-0.15, -0.1) is 0 Å². The van der Waals surface area contributed by atoms with Crippen LogP contribution in [0.4, 0.5) is 0 Å². The van der Waals surface area contributed by atoms with E-state index in [1.54, 1.807) is 6.20 Å². The number of nitrogens with zero attached hydrogens (tertiary/aromatic N) is 6. The first-order chi connectivity index (χ1) is 30.5. The van der Waals surface area contributed by atoms with E-state index in [4.69, 9.17) is 29.9 Å². The first kappa shape index (κ1) is 37.7. The van der Waals surface area contributed by atoms with Crippen molar-refractivity contribution in [1.29, 1.82) is 0 Å². The van der Waals surface area contributed by atoms with Gasteiger partial charge in [-0.05, 0) is 111 Å². The van der Waals surface area contributed by atoms with Crippen LogP contribution < -0.4 is 0 Å². The molecule has 0 saturated heterocycles. The highest BCUT2D eigenvalue weighted by atomic mass is 79.9. The fraction of sp³-hybridized carbons (Fsp3) is 0. The molecule has 0 radical (unpaired) electrons. The van der Waals surface area contributed by atoms with Crippen LogP contribution >= 0.6 is 31.9 Å². The molecule has 0 bridgehead atoms. The Balaban J connectivity index is 1.06. The number of pyridine rings is 2. The maximum Gasteiger partial charge on any atom is 0.160 e. The summed E-state index contributed by atoms with van der Waals surface area (Å²) in [4.78, 5) is 30.6. The maximum atomic E-state index is 5.32. The van der Waals surface area contributed by atoms with Crippen molar-refractivity contribution in [1.82, 2.24) is 29.9 Å². The van der Waals surface area contributed by atoms with Crippen molar-refractivity contribution in [2.45, 2.75) is 0 Å². The average Bonchev–Trinajstić information content (AvgIpc) is 3.33. The molecule has 0 aliphatic rings. The van der Waals surface area contributed by atoms with Crippen molar-refractivity contribution in [2.24, 2.45) is 0 Å². The average molecular weight is 925 g/mol. The topological polar surface area (TPSA) is 77.3 Å². The molecule has 11 rings (SSSR count). The molecule has 4 heterocycles. The van der Waals surface area contributed by atoms with Crippen LogP contribution in [0.1, 0.15) is 0 Å². The lowest BCUT2D eigenvalue weighted by Gasteiger charge is -2.14. The summed E-state index contributed by atoms with van der Waals surface area (Å²) in [6.45, 7) is 0. The Kier molecular flexibility index (Phi) is 9.72. The molecule has 0 N–H and O–H groups in total. The van der Waals surface area contributed by atoms with E-state index in [1.165, 1.54) is 5.39 Å². The first-order valence-electron chi connectivity index (χ1n) is 20.1. The third-order valence-corrected chi connectivity index (χ3v) is 12.0. The van der Waals surface area contributed by atoms with E-state index in [2.05, 4.69) is 165 Å². The van der Waals surface area contributed by atoms with Gasteiger partial charge in [0.05, 0.1) is 11.0 Å². The zero-order valence-electron chi connectivity index (χ0n) is 32.9. The monoisotopic (exact) mass is 922 g/mol. The van der Waals surface area contributed by atoms with Crippen molar-refractivity contribution in [2.75, 3.05) is 0 Å². The van der Waals surface area contributed by atoms with Crippen LogP contribution in [0.2, 0.25) is 0 Å². The number of rotatable bonds is 7. The number of benzene rings is 7. The van der Waals surface area contributed by atoms with Crippen LogP contribution in [0, 0.1) is 0 Å². The quantitative estimate of drug-likeness (QED) is 0.158. The molecule has 0 unspecified atom stereocenters. The van der Waals surface area contributed by atoms with Crippen LogP contribution in [-0.4, -0.2) is 29.9 Å². The second-order valence-corrected chi connectivity index (χ2v) is 16.9. The van der Waals surface area contributed by atoms with Gasteiger partial charge < -0.3 is 0 Å². The SMILES string of the molecule is Brc1cccc(-c2nc(-c3ccc4ccccc4c3)c3ncc(-c4cc(Br)cc(-c5nc(-c6cc(-c7ccccc7)cc(-c7ccccc7)c6)c6ncccc6n5)c4)cc3n2)c1. The molecule has 4 aromatic heterocycles. The maximum absolute atomic E-state index is 5.32. The fourth-order valence-corrected chi connectivity index (χ4v) is 8.91. The molecule has 292 valence electrons. The molecule has 62 heavy (non-hydrogen) atoms. The Bertz CT molecular complexity index is 3450. The van der Waals surface area contributed by atoms with E-state index in [1.807, 2.05) is 54.7 Å². The lowest BCUT2D eigenvalue weighted by Crippen LogP contribution is -1.98. The number of fused-ring (bicyclic) bond motifs is 3. The largest absolute Gasteiger partial charge is 0.252 e. The van der Waals surface area contributed by atoms with Gasteiger partial charge in [-0.3, -0.25) is 9.97 Å². The predicted octanol–water partition coefficient (Wildman–Crippen LogP) is 14.7. The zero-order chi connectivity index (χ0) is 41.6. The summed E-state index contributed by atoms with van der Waals surface area (Å²) in [6, 6.07) is 62.6. The summed E-state index contributed by atoms with van der Waals surface area (Å²) in [5.41, 5.74) is 14.4. The van der Waals surface area contributed by atoms with E-state index < -0.39 is 0 Å². The van der Waals surface area contributed by atoms with Gasteiger partial charge in [-0.1, -0.05) is 141 Å². The summed E-state index contributed by atoms with van der Waals surface area (Å²) < 4.78 is 1.84. The van der Waals surface area contributed by atoms with Crippen molar-refractivity contribution in [3.8, 4) is 78.7 Å². The highest BCUT2D eigenvalue weighted by Crippen LogP contribution is 2.38. The van der Waals surface area contributed by atoms with E-state index in [0.717, 1.165) is 103 Å². The molecule has 0 amide bonds. The van der Waals surface area contributed by atoms with E-state index in [9.17, 15) is 0 Å². The lowest BCUT2D eigenvalue weighted by atomic mass is 9.94. The summed E-state index contributed by atoms with van der Waals surface area (Å²) in [7, 11) is 0. The second kappa shape index (κ2) is 16.0. The summed E-state index contributed by atoms with van der Waals surface area (Å²) in [5, 5.41) is 2.30. The lowest BCUT2D eigenvalue weighted by molar-refractivity contribution is 1.20. The van der Waals surface area contributed by atoms with Crippen molar-refractivity contribution < 1.29 is 0 Å². The summed E-state index contributed by atoms with van der Waals surface area (Å²) in [6.07, 6.45) is 3.70. The van der Waals surface area contributed by atoms with E-state index >= 15 is 0 Å². The molecule has 0 fully saturated rings. The normalized spacial score (nSPS) is 11.4. The van der Waals surface area contributed by atoms with E-state index in [0.29, 0.717) is 11.6 Å². The van der Waals surface area contributed by atoms with Gasteiger partial charge >= 0.3 is 0 Å². The molecule has 0 atom stereocenters. The van der Waals surface area contributed by atoms with Crippen molar-refractivity contribution >= 4 is 64.7 Å². The van der Waals surface area contributed by atoms with Gasteiger partial charge in [0.25, 0.3) is 0 Å². The Hall–Kier alpha value is -7.26. The smallest absolute Gasteiger partial charge is 0.160 e. The number of hydrogen-bond donors (Lipinski definition) is 0. The number of hydrogen-bond acceptors (Lipinski definition) is 6. The Morgan fingerprint density at radius 3 is 1.65 bits per heavy atom. The van der Waals surface area contributed by atoms with Crippen LogP contribution in [0.25, 0.3) is 112 Å². The van der Waals surface area contributed by atoms with Crippen LogP contribution in [-0.2, 0) is 0 Å². The molecule has 6 nitrogen and oxygen atoms in total. The molecule has 11 aromatic rings. The van der Waals surface area contributed by atoms with Crippen LogP contribution in [0.15, 0.2) is 203 Å². The number of aromatic nitrogens is 6. The molecule has 8 heteroatoms. The highest BCUT2D eigenvalue weighted by molar-refractivity contribution is 9.10. The standard InChI is InChI=1S/C54H32Br2N6/c55-45-18-9-17-38(28-45)53-60-48-31-44(32-58-52(48)49(61-53)37-21-20-35-15-7-8-16-36(35)23-37)41-27-43(30-46(56)29-41)54-59-47-19-10-22-57-51(47)50(62-54)42-25-39(33-11-3-1-4-12-33)24-40(26-42)34-13-5-2-6-14-34/h1-32H. The predicted molar refractivity (Wildman–Crippen MR) is 259 cm³/mol. The van der Waals surface area contributed by atoms with Gasteiger partial charge in [-0.2, -0.15) is 0 Å². The summed E-state index contributed by atoms with van der Waals surface area (Å²) >= 11 is 7.48. The Morgan fingerprint density at radius 1 is 0.306 bits per heavy atom. The van der Waals surface area contributed by atoms with Gasteiger partial charge in [0.15, 0.2) is 11.6 Å². The third kappa shape index (κ3) is 7.33. The fourth-order valence-electron chi connectivity index (χ4n) is 8.01. The molecule has 0 saturated carbocycles. The highest BCUT2D eigenvalue weighted by Gasteiger charge is 2.18. The van der Waals surface area contributed by atoms with Gasteiger partial charge in [0.2, 0.25) is 0 Å². The molecule has 0 aliphatic heterocycles. The molecule has 0 aliphatic carbocycles. The van der Waals surface area contributed by atoms with Crippen molar-refractivity contribution in [3.63, 3.8) is 0 Å². The van der Waals surface area contributed by atoms with Gasteiger partial charge in [0, 0.05) is 49.2 Å². The summed E-state index contributed by atoms with van der Waals surface area (Å²) in [5.74, 6) is 1.20. The third-order valence-electron chi connectivity index (χ3n) is 11.0. The number of halogens is 2. The Morgan fingerprint density at radius 2 is 0.887 bits per heavy atom. The van der Waals surface area contributed by atoms with Crippen LogP contribution in [0.3, 0.4) is 0 Å². The minimum Gasteiger partial charge on any atom is -0.252 e. The van der Waals surface area contributed by atoms with Crippen LogP contribution in [0.5, 0.6) is 0 Å². The molecule has 7 aromatic carbocycles. The molecule has 0 spiro atoms. The first-order valence-corrected chi connectivity index (χ1v) is 21.7. The minimum absolute atomic E-state index is 0.584.